The Morgan fingerprint density at radius 3 is 2.74 bits per heavy atom. The molecule has 0 radical (unpaired) electrons. The first-order valence-electron chi connectivity index (χ1n) is 6.40. The molecule has 3 N–H and O–H groups in total. The fourth-order valence-electron chi connectivity index (χ4n) is 2.48. The quantitative estimate of drug-likeness (QED) is 0.843. The molecule has 0 unspecified atom stereocenters. The van der Waals surface area contributed by atoms with Crippen LogP contribution in [0.15, 0.2) is 12.3 Å². The standard InChI is InChI=1S/C13H20N4O2/c1-16-7-4-9(5-8-16)17(2)12-11(14)10(13(18)19)3-6-15-12/h3,6,9H,4-5,7-8,14H2,1-2H3,(H,18,19). The third kappa shape index (κ3) is 2.78. The summed E-state index contributed by atoms with van der Waals surface area (Å²) < 4.78 is 0. The Labute approximate surface area is 112 Å². The molecule has 1 aromatic rings. The molecule has 0 saturated carbocycles. The molecule has 0 spiro atoms. The van der Waals surface area contributed by atoms with E-state index in [0.29, 0.717) is 11.9 Å². The maximum absolute atomic E-state index is 11.1. The average molecular weight is 264 g/mol. The number of aromatic nitrogens is 1. The molecule has 19 heavy (non-hydrogen) atoms. The van der Waals surface area contributed by atoms with Crippen molar-refractivity contribution in [3.63, 3.8) is 0 Å². The van der Waals surface area contributed by atoms with E-state index in [4.69, 9.17) is 10.8 Å². The predicted octanol–water partition coefficient (Wildman–Crippen LogP) is 0.892. The van der Waals surface area contributed by atoms with Crippen LogP contribution in [0.2, 0.25) is 0 Å². The molecule has 2 rings (SSSR count). The second-order valence-corrected chi connectivity index (χ2v) is 5.05. The first-order valence-corrected chi connectivity index (χ1v) is 6.40. The summed E-state index contributed by atoms with van der Waals surface area (Å²) in [6.45, 7) is 2.07. The lowest BCUT2D eigenvalue weighted by Crippen LogP contribution is -2.42. The van der Waals surface area contributed by atoms with Crippen LogP contribution in [0.4, 0.5) is 11.5 Å². The highest BCUT2D eigenvalue weighted by Gasteiger charge is 2.24. The van der Waals surface area contributed by atoms with Crippen molar-refractivity contribution in [2.24, 2.45) is 0 Å². The molecule has 6 heteroatoms. The third-order valence-corrected chi connectivity index (χ3v) is 3.77. The SMILES string of the molecule is CN1CCC(N(C)c2nccc(C(=O)O)c2N)CC1. The van der Waals surface area contributed by atoms with Gasteiger partial charge in [-0.1, -0.05) is 0 Å². The van der Waals surface area contributed by atoms with Crippen LogP contribution in [0.1, 0.15) is 23.2 Å². The number of rotatable bonds is 3. The molecular weight excluding hydrogens is 244 g/mol. The fraction of sp³-hybridized carbons (Fsp3) is 0.538. The van der Waals surface area contributed by atoms with Crippen LogP contribution >= 0.6 is 0 Å². The lowest BCUT2D eigenvalue weighted by molar-refractivity contribution is 0.0698. The van der Waals surface area contributed by atoms with Gasteiger partial charge in [-0.15, -0.1) is 0 Å². The van der Waals surface area contributed by atoms with Gasteiger partial charge in [-0.3, -0.25) is 0 Å². The predicted molar refractivity (Wildman–Crippen MR) is 74.5 cm³/mol. The summed E-state index contributed by atoms with van der Waals surface area (Å²) >= 11 is 0. The number of nitrogen functional groups attached to an aromatic ring is 1. The number of carbonyl (C=O) groups is 1. The number of likely N-dealkylation sites (tertiary alicyclic amines) is 1. The number of hydrogen-bond donors (Lipinski definition) is 2. The van der Waals surface area contributed by atoms with Gasteiger partial charge in [0.1, 0.15) is 0 Å². The topological polar surface area (TPSA) is 82.7 Å². The van der Waals surface area contributed by atoms with Crippen LogP contribution in [0.3, 0.4) is 0 Å². The largest absolute Gasteiger partial charge is 0.478 e. The summed E-state index contributed by atoms with van der Waals surface area (Å²) in [7, 11) is 4.04. The maximum atomic E-state index is 11.1. The smallest absolute Gasteiger partial charge is 0.337 e. The monoisotopic (exact) mass is 264 g/mol. The summed E-state index contributed by atoms with van der Waals surface area (Å²) in [5.41, 5.74) is 6.29. The van der Waals surface area contributed by atoms with Gasteiger partial charge in [0.05, 0.1) is 11.3 Å². The van der Waals surface area contributed by atoms with E-state index in [1.165, 1.54) is 12.3 Å². The zero-order valence-electron chi connectivity index (χ0n) is 11.3. The molecule has 1 fully saturated rings. The van der Waals surface area contributed by atoms with Gasteiger partial charge >= 0.3 is 5.97 Å². The number of nitrogens with two attached hydrogens (primary N) is 1. The highest BCUT2D eigenvalue weighted by atomic mass is 16.4. The van der Waals surface area contributed by atoms with E-state index in [0.717, 1.165) is 25.9 Å². The minimum atomic E-state index is -1.02. The van der Waals surface area contributed by atoms with Gasteiger partial charge in [0.25, 0.3) is 0 Å². The molecule has 1 aromatic heterocycles. The van der Waals surface area contributed by atoms with E-state index < -0.39 is 5.97 Å². The van der Waals surface area contributed by atoms with Crippen molar-refractivity contribution in [3.05, 3.63) is 17.8 Å². The summed E-state index contributed by atoms with van der Waals surface area (Å²) in [5, 5.41) is 9.08. The number of aromatic carboxylic acids is 1. The van der Waals surface area contributed by atoms with E-state index >= 15 is 0 Å². The minimum Gasteiger partial charge on any atom is -0.478 e. The number of pyridine rings is 1. The number of carboxylic acid groups (broad SMARTS) is 1. The van der Waals surface area contributed by atoms with Gasteiger partial charge in [-0.2, -0.15) is 0 Å². The Kier molecular flexibility index (Phi) is 3.90. The van der Waals surface area contributed by atoms with E-state index in [9.17, 15) is 4.79 Å². The van der Waals surface area contributed by atoms with Crippen LogP contribution in [0, 0.1) is 0 Å². The van der Waals surface area contributed by atoms with Crippen LogP contribution in [-0.4, -0.2) is 54.2 Å². The van der Waals surface area contributed by atoms with Crippen molar-refractivity contribution in [1.29, 1.82) is 0 Å². The van der Waals surface area contributed by atoms with Crippen molar-refractivity contribution in [2.45, 2.75) is 18.9 Å². The summed E-state index contributed by atoms with van der Waals surface area (Å²) in [6, 6.07) is 1.79. The van der Waals surface area contributed by atoms with Crippen molar-refractivity contribution >= 4 is 17.5 Å². The summed E-state index contributed by atoms with van der Waals surface area (Å²) in [5.74, 6) is -0.451. The Hall–Kier alpha value is -1.82. The van der Waals surface area contributed by atoms with Gasteiger partial charge < -0.3 is 20.6 Å². The molecule has 6 nitrogen and oxygen atoms in total. The van der Waals surface area contributed by atoms with Gasteiger partial charge in [0.2, 0.25) is 0 Å². The van der Waals surface area contributed by atoms with E-state index in [-0.39, 0.29) is 11.3 Å². The van der Waals surface area contributed by atoms with Crippen molar-refractivity contribution in [1.82, 2.24) is 9.88 Å². The van der Waals surface area contributed by atoms with Crippen molar-refractivity contribution < 1.29 is 9.90 Å². The molecule has 0 bridgehead atoms. The first-order chi connectivity index (χ1) is 9.00. The third-order valence-electron chi connectivity index (χ3n) is 3.77. The van der Waals surface area contributed by atoms with Gasteiger partial charge in [-0.05, 0) is 39.0 Å². The Morgan fingerprint density at radius 2 is 2.16 bits per heavy atom. The zero-order valence-corrected chi connectivity index (χ0v) is 11.3. The highest BCUT2D eigenvalue weighted by Crippen LogP contribution is 2.27. The minimum absolute atomic E-state index is 0.116. The zero-order chi connectivity index (χ0) is 14.0. The van der Waals surface area contributed by atoms with Gasteiger partial charge in [-0.25, -0.2) is 9.78 Å². The first kappa shape index (κ1) is 13.6. The van der Waals surface area contributed by atoms with Gasteiger partial charge in [0.15, 0.2) is 5.82 Å². The molecule has 1 saturated heterocycles. The summed E-state index contributed by atoms with van der Waals surface area (Å²) in [4.78, 5) is 19.6. The second kappa shape index (κ2) is 5.44. The molecule has 1 aliphatic heterocycles. The van der Waals surface area contributed by atoms with Crippen LogP contribution in [0.5, 0.6) is 0 Å². The maximum Gasteiger partial charge on any atom is 0.337 e. The van der Waals surface area contributed by atoms with Crippen LogP contribution in [-0.2, 0) is 0 Å². The number of anilines is 2. The number of piperidine rings is 1. The van der Waals surface area contributed by atoms with Crippen LogP contribution in [0.25, 0.3) is 0 Å². The highest BCUT2D eigenvalue weighted by molar-refractivity contribution is 5.96. The molecule has 0 amide bonds. The lowest BCUT2D eigenvalue weighted by atomic mass is 10.0. The molecule has 1 aliphatic rings. The Bertz CT molecular complexity index is 470. The average Bonchev–Trinajstić information content (AvgIpc) is 2.38. The molecular formula is C13H20N4O2. The molecule has 0 atom stereocenters. The normalized spacial score (nSPS) is 17.4. The molecule has 0 aliphatic carbocycles. The Morgan fingerprint density at radius 1 is 1.53 bits per heavy atom. The molecule has 0 aromatic carbocycles. The van der Waals surface area contributed by atoms with Crippen molar-refractivity contribution in [3.8, 4) is 0 Å². The fourth-order valence-corrected chi connectivity index (χ4v) is 2.48. The molecule has 2 heterocycles. The van der Waals surface area contributed by atoms with Crippen molar-refractivity contribution in [2.75, 3.05) is 37.8 Å². The van der Waals surface area contributed by atoms with Gasteiger partial charge in [0, 0.05) is 19.3 Å². The number of carboxylic acids is 1. The van der Waals surface area contributed by atoms with E-state index in [2.05, 4.69) is 16.9 Å². The van der Waals surface area contributed by atoms with E-state index in [1.54, 1.807) is 0 Å². The second-order valence-electron chi connectivity index (χ2n) is 5.05. The number of nitrogens with zero attached hydrogens (tertiary/aromatic N) is 3. The number of hydrogen-bond acceptors (Lipinski definition) is 5. The van der Waals surface area contributed by atoms with E-state index in [1.807, 2.05) is 11.9 Å². The lowest BCUT2D eigenvalue weighted by Gasteiger charge is -2.36. The summed E-state index contributed by atoms with van der Waals surface area (Å²) in [6.07, 6.45) is 3.57. The molecule has 104 valence electrons. The Balaban J connectivity index is 2.21. The van der Waals surface area contributed by atoms with Crippen LogP contribution < -0.4 is 10.6 Å².